The van der Waals surface area contributed by atoms with Crippen molar-refractivity contribution in [3.8, 4) is 0 Å². The lowest BCUT2D eigenvalue weighted by Crippen LogP contribution is -2.37. The maximum absolute atomic E-state index is 6.79. The van der Waals surface area contributed by atoms with Crippen molar-refractivity contribution < 1.29 is 9.47 Å². The molecular weight excluding hydrogens is 262 g/mol. The molecule has 0 aromatic heterocycles. The minimum absolute atomic E-state index is 0.246. The van der Waals surface area contributed by atoms with Crippen molar-refractivity contribution in [2.75, 3.05) is 13.2 Å². The van der Waals surface area contributed by atoms with Crippen molar-refractivity contribution in [1.29, 1.82) is 0 Å². The van der Waals surface area contributed by atoms with Gasteiger partial charge in [0.1, 0.15) is 0 Å². The predicted molar refractivity (Wildman–Crippen MR) is 84.1 cm³/mol. The van der Waals surface area contributed by atoms with Gasteiger partial charge >= 0.3 is 0 Å². The Morgan fingerprint density at radius 3 is 2.52 bits per heavy atom. The lowest BCUT2D eigenvalue weighted by atomic mass is 9.82. The Balaban J connectivity index is 1.82. The van der Waals surface area contributed by atoms with Gasteiger partial charge in [-0.25, -0.2) is 0 Å². The molecule has 1 aromatic carbocycles. The van der Waals surface area contributed by atoms with Crippen LogP contribution in [0.5, 0.6) is 0 Å². The highest BCUT2D eigenvalue weighted by Crippen LogP contribution is 2.41. The first-order chi connectivity index (χ1) is 10.0. The normalized spacial score (nSPS) is 29.0. The van der Waals surface area contributed by atoms with Gasteiger partial charge in [0.2, 0.25) is 0 Å². The molecule has 21 heavy (non-hydrogen) atoms. The molecule has 1 saturated heterocycles. The van der Waals surface area contributed by atoms with Crippen LogP contribution < -0.4 is 5.73 Å². The molecule has 2 fully saturated rings. The summed E-state index contributed by atoms with van der Waals surface area (Å²) >= 11 is 0. The zero-order valence-electron chi connectivity index (χ0n) is 13.2. The number of hydrogen-bond donors (Lipinski definition) is 1. The summed E-state index contributed by atoms with van der Waals surface area (Å²) in [6.45, 7) is 5.90. The Hall–Kier alpha value is -0.900. The molecule has 3 nitrogen and oxygen atoms in total. The van der Waals surface area contributed by atoms with E-state index in [1.165, 1.54) is 11.1 Å². The summed E-state index contributed by atoms with van der Waals surface area (Å²) in [7, 11) is 0. The Labute approximate surface area is 127 Å². The molecule has 1 unspecified atom stereocenters. The highest BCUT2D eigenvalue weighted by Gasteiger charge is 2.42. The Bertz CT molecular complexity index is 494. The van der Waals surface area contributed by atoms with Gasteiger partial charge < -0.3 is 15.2 Å². The topological polar surface area (TPSA) is 44.5 Å². The van der Waals surface area contributed by atoms with Crippen LogP contribution in [0.15, 0.2) is 24.3 Å². The van der Waals surface area contributed by atoms with Gasteiger partial charge in [0, 0.05) is 18.4 Å². The summed E-state index contributed by atoms with van der Waals surface area (Å²) in [5, 5.41) is 0. The highest BCUT2D eigenvalue weighted by molar-refractivity contribution is 5.31. The van der Waals surface area contributed by atoms with E-state index in [1.807, 2.05) is 0 Å². The maximum atomic E-state index is 6.79. The van der Waals surface area contributed by atoms with Crippen LogP contribution in [0.25, 0.3) is 0 Å². The lowest BCUT2D eigenvalue weighted by Gasteiger charge is -2.30. The van der Waals surface area contributed by atoms with Gasteiger partial charge in [-0.15, -0.1) is 0 Å². The van der Waals surface area contributed by atoms with E-state index in [9.17, 15) is 0 Å². The molecule has 1 spiro atoms. The molecule has 116 valence electrons. The zero-order valence-corrected chi connectivity index (χ0v) is 13.2. The first kappa shape index (κ1) is 15.0. The first-order valence-corrected chi connectivity index (χ1v) is 8.20. The second-order valence-electron chi connectivity index (χ2n) is 6.90. The third kappa shape index (κ3) is 3.01. The van der Waals surface area contributed by atoms with Crippen LogP contribution in [-0.2, 0) is 15.0 Å². The molecule has 0 radical (unpaired) electrons. The van der Waals surface area contributed by atoms with Crippen molar-refractivity contribution in [3.63, 3.8) is 0 Å². The number of ether oxygens (including phenoxy) is 2. The smallest absolute Gasteiger partial charge is 0.168 e. The molecule has 2 N–H and O–H groups in total. The van der Waals surface area contributed by atoms with Gasteiger partial charge in [-0.3, -0.25) is 0 Å². The summed E-state index contributed by atoms with van der Waals surface area (Å²) < 4.78 is 11.7. The standard InChI is InChI=1S/C18H27NO2/c1-14(2)15-5-3-6-16(13-15)17(19)7-4-8-18(10-9-17)20-11-12-21-18/h3,5-6,13-14H,4,7-12,19H2,1-2H3. The predicted octanol–water partition coefficient (Wildman–Crippen LogP) is 3.67. The maximum Gasteiger partial charge on any atom is 0.168 e. The fourth-order valence-corrected chi connectivity index (χ4v) is 3.62. The van der Waals surface area contributed by atoms with E-state index >= 15 is 0 Å². The Morgan fingerprint density at radius 2 is 1.81 bits per heavy atom. The van der Waals surface area contributed by atoms with Crippen molar-refractivity contribution in [2.24, 2.45) is 5.73 Å². The number of benzene rings is 1. The molecule has 1 aliphatic heterocycles. The molecule has 1 aliphatic carbocycles. The van der Waals surface area contributed by atoms with Gasteiger partial charge in [0.25, 0.3) is 0 Å². The van der Waals surface area contributed by atoms with Crippen LogP contribution in [-0.4, -0.2) is 19.0 Å². The Morgan fingerprint density at radius 1 is 1.05 bits per heavy atom. The molecule has 1 atom stereocenters. The van der Waals surface area contributed by atoms with Crippen LogP contribution in [0.1, 0.15) is 63.0 Å². The molecule has 2 aliphatic rings. The molecule has 1 heterocycles. The van der Waals surface area contributed by atoms with Gasteiger partial charge in [-0.2, -0.15) is 0 Å². The van der Waals surface area contributed by atoms with E-state index in [1.54, 1.807) is 0 Å². The summed E-state index contributed by atoms with van der Waals surface area (Å²) in [5.74, 6) is 0.184. The SMILES string of the molecule is CC(C)c1cccc(C2(N)CCCC3(CC2)OCCO3)c1. The van der Waals surface area contributed by atoms with E-state index < -0.39 is 0 Å². The monoisotopic (exact) mass is 289 g/mol. The number of hydrogen-bond acceptors (Lipinski definition) is 3. The van der Waals surface area contributed by atoms with Gasteiger partial charge in [-0.05, 0) is 36.3 Å². The largest absolute Gasteiger partial charge is 0.348 e. The minimum atomic E-state index is -0.350. The summed E-state index contributed by atoms with van der Waals surface area (Å²) in [6.07, 6.45) is 4.85. The minimum Gasteiger partial charge on any atom is -0.348 e. The van der Waals surface area contributed by atoms with E-state index in [0.29, 0.717) is 5.92 Å². The van der Waals surface area contributed by atoms with E-state index in [4.69, 9.17) is 15.2 Å². The molecule has 3 heteroatoms. The van der Waals surface area contributed by atoms with Crippen LogP contribution in [0, 0.1) is 0 Å². The molecule has 1 aromatic rings. The average molecular weight is 289 g/mol. The second kappa shape index (κ2) is 5.71. The average Bonchev–Trinajstić information content (AvgIpc) is 2.87. The summed E-state index contributed by atoms with van der Waals surface area (Å²) in [6, 6.07) is 8.81. The third-order valence-electron chi connectivity index (χ3n) is 5.07. The quantitative estimate of drug-likeness (QED) is 0.903. The summed E-state index contributed by atoms with van der Waals surface area (Å²) in [5.41, 5.74) is 9.18. The Kier molecular flexibility index (Phi) is 4.08. The van der Waals surface area contributed by atoms with Crippen LogP contribution in [0.4, 0.5) is 0 Å². The third-order valence-corrected chi connectivity index (χ3v) is 5.07. The van der Waals surface area contributed by atoms with Crippen LogP contribution in [0.2, 0.25) is 0 Å². The highest BCUT2D eigenvalue weighted by atomic mass is 16.7. The first-order valence-electron chi connectivity index (χ1n) is 8.20. The molecular formula is C18H27NO2. The fraction of sp³-hybridized carbons (Fsp3) is 0.667. The van der Waals surface area contributed by atoms with Crippen molar-refractivity contribution in [3.05, 3.63) is 35.4 Å². The zero-order chi connectivity index (χ0) is 14.9. The van der Waals surface area contributed by atoms with Gasteiger partial charge in [-0.1, -0.05) is 38.1 Å². The van der Waals surface area contributed by atoms with Crippen LogP contribution >= 0.6 is 0 Å². The van der Waals surface area contributed by atoms with Crippen molar-refractivity contribution >= 4 is 0 Å². The lowest BCUT2D eigenvalue weighted by molar-refractivity contribution is -0.165. The van der Waals surface area contributed by atoms with Gasteiger partial charge in [0.05, 0.1) is 13.2 Å². The molecule has 1 saturated carbocycles. The number of rotatable bonds is 2. The second-order valence-corrected chi connectivity index (χ2v) is 6.90. The summed E-state index contributed by atoms with van der Waals surface area (Å²) in [4.78, 5) is 0. The van der Waals surface area contributed by atoms with E-state index in [0.717, 1.165) is 45.3 Å². The fourth-order valence-electron chi connectivity index (χ4n) is 3.62. The number of nitrogens with two attached hydrogens (primary N) is 1. The van der Waals surface area contributed by atoms with Gasteiger partial charge in [0.15, 0.2) is 5.79 Å². The van der Waals surface area contributed by atoms with Crippen molar-refractivity contribution in [1.82, 2.24) is 0 Å². The van der Waals surface area contributed by atoms with Crippen LogP contribution in [0.3, 0.4) is 0 Å². The molecule has 3 rings (SSSR count). The van der Waals surface area contributed by atoms with E-state index in [2.05, 4.69) is 38.1 Å². The molecule has 0 bridgehead atoms. The van der Waals surface area contributed by atoms with E-state index in [-0.39, 0.29) is 11.3 Å². The molecule has 0 amide bonds. The van der Waals surface area contributed by atoms with Crippen molar-refractivity contribution in [2.45, 2.75) is 63.2 Å².